The Labute approximate surface area is 113 Å². The van der Waals surface area contributed by atoms with E-state index in [0.29, 0.717) is 11.3 Å². The molecule has 1 rings (SSSR count). The highest BCUT2D eigenvalue weighted by atomic mass is 16.4. The Morgan fingerprint density at radius 3 is 2.47 bits per heavy atom. The average molecular weight is 264 g/mol. The van der Waals surface area contributed by atoms with Crippen molar-refractivity contribution in [2.45, 2.75) is 39.7 Å². The summed E-state index contributed by atoms with van der Waals surface area (Å²) < 4.78 is 0. The highest BCUT2D eigenvalue weighted by molar-refractivity contribution is 5.95. The molecule has 1 amide bonds. The zero-order valence-electron chi connectivity index (χ0n) is 11.8. The smallest absolute Gasteiger partial charge is 0.305 e. The van der Waals surface area contributed by atoms with Gasteiger partial charge in [0.2, 0.25) is 0 Å². The zero-order valence-corrected chi connectivity index (χ0v) is 11.8. The maximum atomic E-state index is 12.5. The van der Waals surface area contributed by atoms with Gasteiger partial charge >= 0.3 is 5.97 Å². The van der Waals surface area contributed by atoms with Gasteiger partial charge in [0.1, 0.15) is 0 Å². The molecule has 0 spiro atoms. The standard InChI is InChI=1S/C14H20N2O3/c1-10-11(6-5-8-15-10)13(19)16(14(2,3)4)9-7-12(17)18/h5-6,8H,7,9H2,1-4H3,(H,17,18). The van der Waals surface area contributed by atoms with Crippen molar-refractivity contribution in [2.75, 3.05) is 6.54 Å². The molecule has 0 fully saturated rings. The van der Waals surface area contributed by atoms with Crippen LogP contribution in [0.1, 0.15) is 43.2 Å². The number of aryl methyl sites for hydroxylation is 1. The lowest BCUT2D eigenvalue weighted by molar-refractivity contribution is -0.137. The molecule has 1 N–H and O–H groups in total. The lowest BCUT2D eigenvalue weighted by atomic mass is 10.0. The van der Waals surface area contributed by atoms with Gasteiger partial charge in [-0.05, 0) is 39.8 Å². The Morgan fingerprint density at radius 1 is 1.37 bits per heavy atom. The van der Waals surface area contributed by atoms with E-state index in [2.05, 4.69) is 4.98 Å². The number of carboxylic acid groups (broad SMARTS) is 1. The summed E-state index contributed by atoms with van der Waals surface area (Å²) in [6.45, 7) is 7.62. The van der Waals surface area contributed by atoms with E-state index in [4.69, 9.17) is 5.11 Å². The number of aromatic nitrogens is 1. The Kier molecular flexibility index (Phi) is 4.64. The van der Waals surface area contributed by atoms with Crippen molar-refractivity contribution in [1.29, 1.82) is 0 Å². The van der Waals surface area contributed by atoms with E-state index in [-0.39, 0.29) is 18.9 Å². The number of carbonyl (C=O) groups is 2. The minimum absolute atomic E-state index is 0.0671. The number of carbonyl (C=O) groups excluding carboxylic acids is 1. The third-order valence-electron chi connectivity index (χ3n) is 2.84. The summed E-state index contributed by atoms with van der Waals surface area (Å²) in [5.41, 5.74) is 0.731. The van der Waals surface area contributed by atoms with Crippen molar-refractivity contribution in [2.24, 2.45) is 0 Å². The topological polar surface area (TPSA) is 70.5 Å². The number of carboxylic acids is 1. The van der Waals surface area contributed by atoms with Crippen LogP contribution >= 0.6 is 0 Å². The summed E-state index contributed by atoms with van der Waals surface area (Å²) in [7, 11) is 0. The number of amides is 1. The van der Waals surface area contributed by atoms with E-state index < -0.39 is 11.5 Å². The van der Waals surface area contributed by atoms with Gasteiger partial charge in [0.25, 0.3) is 5.91 Å². The molecule has 19 heavy (non-hydrogen) atoms. The number of rotatable bonds is 4. The number of pyridine rings is 1. The van der Waals surface area contributed by atoms with Crippen molar-refractivity contribution in [3.8, 4) is 0 Å². The van der Waals surface area contributed by atoms with Crippen molar-refractivity contribution >= 4 is 11.9 Å². The molecule has 1 aromatic heterocycles. The first-order valence-electron chi connectivity index (χ1n) is 6.19. The number of aliphatic carboxylic acids is 1. The van der Waals surface area contributed by atoms with Gasteiger partial charge in [0.05, 0.1) is 12.0 Å². The Hall–Kier alpha value is -1.91. The summed E-state index contributed by atoms with van der Waals surface area (Å²) in [6, 6.07) is 3.42. The molecule has 0 aliphatic rings. The number of hydrogen-bond acceptors (Lipinski definition) is 3. The predicted molar refractivity (Wildman–Crippen MR) is 72.0 cm³/mol. The van der Waals surface area contributed by atoms with Crippen LogP contribution in [0.25, 0.3) is 0 Å². The molecule has 0 atom stereocenters. The lowest BCUT2D eigenvalue weighted by Crippen LogP contribution is -2.46. The van der Waals surface area contributed by atoms with Crippen LogP contribution in [-0.2, 0) is 4.79 Å². The van der Waals surface area contributed by atoms with Crippen LogP contribution in [0.2, 0.25) is 0 Å². The minimum atomic E-state index is -0.912. The second kappa shape index (κ2) is 5.82. The monoisotopic (exact) mass is 264 g/mol. The lowest BCUT2D eigenvalue weighted by Gasteiger charge is -2.35. The van der Waals surface area contributed by atoms with E-state index in [1.165, 1.54) is 0 Å². The van der Waals surface area contributed by atoms with Crippen molar-refractivity contribution in [3.63, 3.8) is 0 Å². The summed E-state index contributed by atoms with van der Waals surface area (Å²) in [5.74, 6) is -1.09. The molecule has 0 unspecified atom stereocenters. The molecule has 104 valence electrons. The fourth-order valence-corrected chi connectivity index (χ4v) is 1.80. The quantitative estimate of drug-likeness (QED) is 0.904. The van der Waals surface area contributed by atoms with E-state index >= 15 is 0 Å². The molecule has 0 saturated heterocycles. The molecule has 0 aliphatic carbocycles. The van der Waals surface area contributed by atoms with Crippen LogP contribution < -0.4 is 0 Å². The minimum Gasteiger partial charge on any atom is -0.481 e. The van der Waals surface area contributed by atoms with Crippen molar-refractivity contribution < 1.29 is 14.7 Å². The molecular weight excluding hydrogens is 244 g/mol. The van der Waals surface area contributed by atoms with E-state index in [0.717, 1.165) is 0 Å². The van der Waals surface area contributed by atoms with Gasteiger partial charge in [-0.25, -0.2) is 0 Å². The fraction of sp³-hybridized carbons (Fsp3) is 0.500. The summed E-state index contributed by atoms with van der Waals surface area (Å²) in [6.07, 6.45) is 1.56. The van der Waals surface area contributed by atoms with E-state index in [1.54, 1.807) is 30.2 Å². The molecule has 5 heteroatoms. The van der Waals surface area contributed by atoms with Crippen molar-refractivity contribution in [1.82, 2.24) is 9.88 Å². The van der Waals surface area contributed by atoms with Crippen LogP contribution in [0, 0.1) is 6.92 Å². The first-order valence-corrected chi connectivity index (χ1v) is 6.19. The van der Waals surface area contributed by atoms with Gasteiger partial charge < -0.3 is 10.0 Å². The normalized spacial score (nSPS) is 11.2. The maximum Gasteiger partial charge on any atom is 0.305 e. The van der Waals surface area contributed by atoms with Gasteiger partial charge in [-0.1, -0.05) is 0 Å². The van der Waals surface area contributed by atoms with E-state index in [1.807, 2.05) is 20.8 Å². The summed E-state index contributed by atoms with van der Waals surface area (Å²) in [5, 5.41) is 8.78. The molecule has 0 aliphatic heterocycles. The molecule has 0 radical (unpaired) electrons. The van der Waals surface area contributed by atoms with Crippen LogP contribution in [0.15, 0.2) is 18.3 Å². The van der Waals surface area contributed by atoms with Gasteiger partial charge in [0.15, 0.2) is 0 Å². The summed E-state index contributed by atoms with van der Waals surface area (Å²) >= 11 is 0. The highest BCUT2D eigenvalue weighted by Crippen LogP contribution is 2.18. The van der Waals surface area contributed by atoms with Gasteiger partial charge in [-0.2, -0.15) is 0 Å². The Bertz CT molecular complexity index is 478. The number of nitrogens with zero attached hydrogens (tertiary/aromatic N) is 2. The molecule has 0 saturated carbocycles. The second-order valence-electron chi connectivity index (χ2n) is 5.41. The third-order valence-corrected chi connectivity index (χ3v) is 2.84. The zero-order chi connectivity index (χ0) is 14.6. The van der Waals surface area contributed by atoms with E-state index in [9.17, 15) is 9.59 Å². The Morgan fingerprint density at radius 2 is 2.00 bits per heavy atom. The first-order chi connectivity index (χ1) is 8.73. The SMILES string of the molecule is Cc1ncccc1C(=O)N(CCC(=O)O)C(C)(C)C. The van der Waals surface area contributed by atoms with Crippen molar-refractivity contribution in [3.05, 3.63) is 29.6 Å². The maximum absolute atomic E-state index is 12.5. The molecule has 1 aromatic rings. The van der Waals surface area contributed by atoms with Crippen LogP contribution in [-0.4, -0.2) is 39.0 Å². The predicted octanol–water partition coefficient (Wildman–Crippen LogP) is 2.11. The van der Waals surface area contributed by atoms with Gasteiger partial charge in [-0.3, -0.25) is 14.6 Å². The first kappa shape index (κ1) is 15.1. The molecule has 1 heterocycles. The molecular formula is C14H20N2O3. The molecule has 0 aromatic carbocycles. The van der Waals surface area contributed by atoms with Gasteiger partial charge in [-0.15, -0.1) is 0 Å². The third kappa shape index (κ3) is 4.05. The summed E-state index contributed by atoms with van der Waals surface area (Å²) in [4.78, 5) is 28.9. The highest BCUT2D eigenvalue weighted by Gasteiger charge is 2.28. The second-order valence-corrected chi connectivity index (χ2v) is 5.41. The largest absolute Gasteiger partial charge is 0.481 e. The molecule has 5 nitrogen and oxygen atoms in total. The van der Waals surface area contributed by atoms with Crippen LogP contribution in [0.5, 0.6) is 0 Å². The number of hydrogen-bond donors (Lipinski definition) is 1. The van der Waals surface area contributed by atoms with Crippen LogP contribution in [0.4, 0.5) is 0 Å². The Balaban J connectivity index is 3.02. The van der Waals surface area contributed by atoms with Gasteiger partial charge in [0, 0.05) is 24.0 Å². The fourth-order valence-electron chi connectivity index (χ4n) is 1.80. The molecule has 0 bridgehead atoms. The average Bonchev–Trinajstić information content (AvgIpc) is 2.27. The van der Waals surface area contributed by atoms with Crippen LogP contribution in [0.3, 0.4) is 0 Å².